The minimum atomic E-state index is -0.409. The molecule has 1 aliphatic rings. The second-order valence-electron chi connectivity index (χ2n) is 5.88. The lowest BCUT2D eigenvalue weighted by Gasteiger charge is -2.23. The largest absolute Gasteiger partial charge is 0.491 e. The number of aryl methyl sites for hydroxylation is 1. The fraction of sp³-hybridized carbons (Fsp3) is 0.647. The fourth-order valence-corrected chi connectivity index (χ4v) is 2.74. The van der Waals surface area contributed by atoms with E-state index in [1.807, 2.05) is 12.1 Å². The highest BCUT2D eigenvalue weighted by atomic mass is 16.5. The van der Waals surface area contributed by atoms with Crippen molar-refractivity contribution in [3.63, 3.8) is 0 Å². The third-order valence-electron chi connectivity index (χ3n) is 4.15. The average Bonchev–Trinajstić information content (AvgIpc) is 2.69. The van der Waals surface area contributed by atoms with Gasteiger partial charge in [-0.25, -0.2) is 0 Å². The van der Waals surface area contributed by atoms with E-state index in [9.17, 15) is 5.11 Å². The normalized spacial score (nSPS) is 18.6. The summed E-state index contributed by atoms with van der Waals surface area (Å²) < 4.78 is 5.78. The number of hydrogen-bond donors (Lipinski definition) is 1. The number of nitrogens with zero attached hydrogens (tertiary/aromatic N) is 1. The molecule has 20 heavy (non-hydrogen) atoms. The molecule has 112 valence electrons. The Balaban J connectivity index is 1.79. The Morgan fingerprint density at radius 2 is 1.85 bits per heavy atom. The van der Waals surface area contributed by atoms with E-state index in [0.29, 0.717) is 6.61 Å². The lowest BCUT2D eigenvalue weighted by molar-refractivity contribution is 0.0691. The van der Waals surface area contributed by atoms with E-state index in [2.05, 4.69) is 24.8 Å². The molecular formula is C17H27NO2. The van der Waals surface area contributed by atoms with Crippen LogP contribution in [-0.2, 0) is 0 Å². The van der Waals surface area contributed by atoms with Crippen LogP contribution in [0, 0.1) is 13.8 Å². The first kappa shape index (κ1) is 15.3. The van der Waals surface area contributed by atoms with E-state index < -0.39 is 6.10 Å². The van der Waals surface area contributed by atoms with Crippen molar-refractivity contribution in [2.24, 2.45) is 0 Å². The standard InChI is InChI=1S/C17H27NO2/c1-14-8-7-9-17(15(14)2)20-13-16(19)12-18-10-5-3-4-6-11-18/h7-9,16,19H,3-6,10-13H2,1-2H3. The van der Waals surface area contributed by atoms with E-state index >= 15 is 0 Å². The highest BCUT2D eigenvalue weighted by molar-refractivity contribution is 5.38. The molecule has 1 aromatic rings. The van der Waals surface area contributed by atoms with Crippen LogP contribution in [0.2, 0.25) is 0 Å². The first-order chi connectivity index (χ1) is 9.66. The van der Waals surface area contributed by atoms with Crippen LogP contribution < -0.4 is 4.74 Å². The molecule has 3 nitrogen and oxygen atoms in total. The zero-order valence-electron chi connectivity index (χ0n) is 12.8. The Hall–Kier alpha value is -1.06. The monoisotopic (exact) mass is 277 g/mol. The molecule has 0 radical (unpaired) electrons. The zero-order valence-corrected chi connectivity index (χ0v) is 12.8. The maximum atomic E-state index is 10.1. The molecule has 1 fully saturated rings. The first-order valence-electron chi connectivity index (χ1n) is 7.76. The molecule has 1 heterocycles. The lowest BCUT2D eigenvalue weighted by atomic mass is 10.1. The maximum absolute atomic E-state index is 10.1. The van der Waals surface area contributed by atoms with Crippen LogP contribution >= 0.6 is 0 Å². The van der Waals surface area contributed by atoms with Gasteiger partial charge in [0.05, 0.1) is 0 Å². The van der Waals surface area contributed by atoms with E-state index in [1.54, 1.807) is 0 Å². The minimum Gasteiger partial charge on any atom is -0.491 e. The molecule has 0 spiro atoms. The highest BCUT2D eigenvalue weighted by Gasteiger charge is 2.14. The summed E-state index contributed by atoms with van der Waals surface area (Å²) in [5, 5.41) is 10.1. The van der Waals surface area contributed by atoms with Crippen LogP contribution in [0.1, 0.15) is 36.8 Å². The summed E-state index contributed by atoms with van der Waals surface area (Å²) >= 11 is 0. The van der Waals surface area contributed by atoms with Gasteiger partial charge in [-0.05, 0) is 57.0 Å². The number of aliphatic hydroxyl groups is 1. The number of ether oxygens (including phenoxy) is 1. The van der Waals surface area contributed by atoms with Gasteiger partial charge in [-0.1, -0.05) is 25.0 Å². The van der Waals surface area contributed by atoms with Crippen molar-refractivity contribution in [2.45, 2.75) is 45.6 Å². The first-order valence-corrected chi connectivity index (χ1v) is 7.76. The molecule has 2 rings (SSSR count). The Bertz CT molecular complexity index is 411. The Kier molecular flexibility index (Phi) is 5.86. The predicted molar refractivity (Wildman–Crippen MR) is 82.3 cm³/mol. The maximum Gasteiger partial charge on any atom is 0.122 e. The van der Waals surface area contributed by atoms with Gasteiger partial charge in [-0.15, -0.1) is 0 Å². The van der Waals surface area contributed by atoms with Gasteiger partial charge >= 0.3 is 0 Å². The van der Waals surface area contributed by atoms with Crippen LogP contribution in [0.3, 0.4) is 0 Å². The lowest BCUT2D eigenvalue weighted by Crippen LogP contribution is -2.36. The SMILES string of the molecule is Cc1cccc(OCC(O)CN2CCCCCC2)c1C. The van der Waals surface area contributed by atoms with E-state index in [4.69, 9.17) is 4.74 Å². The van der Waals surface area contributed by atoms with Gasteiger partial charge in [0.2, 0.25) is 0 Å². The summed E-state index contributed by atoms with van der Waals surface area (Å²) in [6, 6.07) is 6.05. The van der Waals surface area contributed by atoms with Gasteiger partial charge in [-0.3, -0.25) is 0 Å². The molecule has 0 aromatic heterocycles. The van der Waals surface area contributed by atoms with Gasteiger partial charge in [0.25, 0.3) is 0 Å². The molecule has 1 N–H and O–H groups in total. The summed E-state index contributed by atoms with van der Waals surface area (Å²) in [4.78, 5) is 2.37. The molecule has 0 aliphatic carbocycles. The summed E-state index contributed by atoms with van der Waals surface area (Å²) in [6.45, 7) is 7.47. The highest BCUT2D eigenvalue weighted by Crippen LogP contribution is 2.20. The molecule has 0 amide bonds. The van der Waals surface area contributed by atoms with Crippen molar-refractivity contribution in [3.8, 4) is 5.75 Å². The summed E-state index contributed by atoms with van der Waals surface area (Å²) in [5.41, 5.74) is 2.39. The van der Waals surface area contributed by atoms with E-state index in [-0.39, 0.29) is 0 Å². The third-order valence-corrected chi connectivity index (χ3v) is 4.15. The van der Waals surface area contributed by atoms with Crippen LogP contribution in [-0.4, -0.2) is 42.4 Å². The van der Waals surface area contributed by atoms with Gasteiger partial charge in [0.15, 0.2) is 0 Å². The summed E-state index contributed by atoms with van der Waals surface area (Å²) in [7, 11) is 0. The Morgan fingerprint density at radius 3 is 2.55 bits per heavy atom. The predicted octanol–water partition coefficient (Wildman–Crippen LogP) is 2.92. The zero-order chi connectivity index (χ0) is 14.4. The van der Waals surface area contributed by atoms with Crippen LogP contribution in [0.5, 0.6) is 5.75 Å². The topological polar surface area (TPSA) is 32.7 Å². The molecular weight excluding hydrogens is 250 g/mol. The van der Waals surface area contributed by atoms with Crippen molar-refractivity contribution >= 4 is 0 Å². The molecule has 1 atom stereocenters. The van der Waals surface area contributed by atoms with Crippen molar-refractivity contribution in [2.75, 3.05) is 26.2 Å². The van der Waals surface area contributed by atoms with Crippen molar-refractivity contribution in [1.29, 1.82) is 0 Å². The minimum absolute atomic E-state index is 0.376. The third kappa shape index (κ3) is 4.50. The molecule has 3 heteroatoms. The molecule has 1 aliphatic heterocycles. The Labute approximate surface area is 122 Å². The second-order valence-corrected chi connectivity index (χ2v) is 5.88. The number of rotatable bonds is 5. The van der Waals surface area contributed by atoms with Gasteiger partial charge < -0.3 is 14.7 Å². The quantitative estimate of drug-likeness (QED) is 0.898. The summed E-state index contributed by atoms with van der Waals surface area (Å²) in [6.07, 6.45) is 4.75. The van der Waals surface area contributed by atoms with E-state index in [0.717, 1.165) is 30.9 Å². The Morgan fingerprint density at radius 1 is 1.15 bits per heavy atom. The number of hydrogen-bond acceptors (Lipinski definition) is 3. The fourth-order valence-electron chi connectivity index (χ4n) is 2.74. The smallest absolute Gasteiger partial charge is 0.122 e. The van der Waals surface area contributed by atoms with Crippen molar-refractivity contribution in [3.05, 3.63) is 29.3 Å². The molecule has 1 aromatic carbocycles. The second kappa shape index (κ2) is 7.65. The summed E-state index contributed by atoms with van der Waals surface area (Å²) in [5.74, 6) is 0.889. The number of aliphatic hydroxyl groups excluding tert-OH is 1. The van der Waals surface area contributed by atoms with E-state index in [1.165, 1.54) is 31.2 Å². The van der Waals surface area contributed by atoms with Gasteiger partial charge in [-0.2, -0.15) is 0 Å². The number of benzene rings is 1. The number of likely N-dealkylation sites (tertiary alicyclic amines) is 1. The molecule has 0 bridgehead atoms. The average molecular weight is 277 g/mol. The molecule has 1 unspecified atom stereocenters. The molecule has 0 saturated carbocycles. The molecule has 1 saturated heterocycles. The number of β-amino-alcohol motifs (C(OH)–C–C–N with tert-alkyl or cyclic N) is 1. The van der Waals surface area contributed by atoms with Crippen LogP contribution in [0.15, 0.2) is 18.2 Å². The van der Waals surface area contributed by atoms with Crippen molar-refractivity contribution in [1.82, 2.24) is 4.90 Å². The van der Waals surface area contributed by atoms with Crippen LogP contribution in [0.25, 0.3) is 0 Å². The van der Waals surface area contributed by atoms with Gasteiger partial charge in [0, 0.05) is 6.54 Å². The van der Waals surface area contributed by atoms with Gasteiger partial charge in [0.1, 0.15) is 18.5 Å². The van der Waals surface area contributed by atoms with Crippen LogP contribution in [0.4, 0.5) is 0 Å². The van der Waals surface area contributed by atoms with Crippen molar-refractivity contribution < 1.29 is 9.84 Å².